The summed E-state index contributed by atoms with van der Waals surface area (Å²) in [6, 6.07) is 7.15. The predicted octanol–water partition coefficient (Wildman–Crippen LogP) is 1.31. The molecule has 0 unspecified atom stereocenters. The minimum atomic E-state index is 0. The van der Waals surface area contributed by atoms with E-state index in [1.165, 1.54) is 0 Å². The van der Waals surface area contributed by atoms with Gasteiger partial charge >= 0.3 is 0 Å². The van der Waals surface area contributed by atoms with E-state index in [4.69, 9.17) is 11.5 Å². The summed E-state index contributed by atoms with van der Waals surface area (Å²) in [5.74, 6) is 0. The van der Waals surface area contributed by atoms with Crippen molar-refractivity contribution in [3.05, 3.63) is 24.3 Å². The van der Waals surface area contributed by atoms with E-state index in [9.17, 15) is 0 Å². The molecule has 1 aromatic carbocycles. The molecule has 0 bridgehead atoms. The molecule has 4 N–H and O–H groups in total. The second-order valence-corrected chi connectivity index (χ2v) is 1.67. The fraction of sp³-hybridized carbons (Fsp3) is 0. The third-order valence-electron chi connectivity index (χ3n) is 0.911. The van der Waals surface area contributed by atoms with Crippen molar-refractivity contribution in [2.45, 2.75) is 0 Å². The Morgan fingerprint density at radius 3 is 1.36 bits per heavy atom. The Bertz CT molecular complexity index is 176. The van der Waals surface area contributed by atoms with E-state index in [1.54, 1.807) is 18.2 Å². The van der Waals surface area contributed by atoms with E-state index in [0.717, 1.165) is 0 Å². The molecule has 1 rings (SSSR count). The Labute approximate surface area is 62.3 Å². The van der Waals surface area contributed by atoms with Crippen molar-refractivity contribution in [1.82, 2.24) is 0 Å². The van der Waals surface area contributed by atoms with Crippen molar-refractivity contribution >= 4 is 11.4 Å². The number of hydrogen-bond acceptors (Lipinski definition) is 2. The van der Waals surface area contributed by atoms with Crippen LogP contribution in [-0.4, -0.2) is 0 Å². The van der Waals surface area contributed by atoms with Gasteiger partial charge in [0.1, 0.15) is 0 Å². The molecule has 66 valence electrons. The number of benzene rings is 1. The minimum absolute atomic E-state index is 0. The Morgan fingerprint density at radius 1 is 0.818 bits per heavy atom. The molecule has 11 heavy (non-hydrogen) atoms. The Morgan fingerprint density at radius 2 is 1.18 bits per heavy atom. The Hall–Kier alpha value is -1.39. The molecule has 0 radical (unpaired) electrons. The highest BCUT2D eigenvalue weighted by atomic mass is 19.0. The second kappa shape index (κ2) is 6.73. The molecule has 1 aromatic rings. The molecular weight excluding hydrogens is 157 g/mol. The van der Waals surface area contributed by atoms with Crippen molar-refractivity contribution in [2.24, 2.45) is 0 Å². The molecule has 2 nitrogen and oxygen atoms in total. The third kappa shape index (κ3) is 5.07. The average Bonchev–Trinajstić information content (AvgIpc) is 1.64. The van der Waals surface area contributed by atoms with E-state index < -0.39 is 0 Å². The van der Waals surface area contributed by atoms with Crippen LogP contribution in [0.4, 0.5) is 25.5 Å². The monoisotopic (exact) mass is 168 g/mol. The normalized spacial score (nSPS) is 6.55. The molecule has 0 aliphatic rings. The van der Waals surface area contributed by atoms with Gasteiger partial charge in [0.2, 0.25) is 0 Å². The smallest absolute Gasteiger partial charge is 0.0334 e. The van der Waals surface area contributed by atoms with Crippen LogP contribution in [0.2, 0.25) is 0 Å². The molecule has 0 aliphatic heterocycles. The van der Waals surface area contributed by atoms with Gasteiger partial charge in [-0.1, -0.05) is 6.07 Å². The molecular formula is C6H11F3N2. The van der Waals surface area contributed by atoms with Gasteiger partial charge in [0.05, 0.1) is 0 Å². The Kier molecular flexibility index (Phi) is 9.97. The molecule has 0 atom stereocenters. The molecule has 0 aromatic heterocycles. The lowest BCUT2D eigenvalue weighted by atomic mass is 10.3. The standard InChI is InChI=1S/C6H8N2.3FH/c7-5-2-1-3-6(8)4-5;;;/h1-4H,7-8H2;3*1H. The maximum absolute atomic E-state index is 5.38. The van der Waals surface area contributed by atoms with Gasteiger partial charge in [-0.2, -0.15) is 0 Å². The molecule has 0 fully saturated rings. The summed E-state index contributed by atoms with van der Waals surface area (Å²) in [6.07, 6.45) is 0. The lowest BCUT2D eigenvalue weighted by Crippen LogP contribution is -1.87. The summed E-state index contributed by atoms with van der Waals surface area (Å²) in [7, 11) is 0. The van der Waals surface area contributed by atoms with E-state index >= 15 is 0 Å². The van der Waals surface area contributed by atoms with Crippen LogP contribution in [0, 0.1) is 0 Å². The zero-order valence-electron chi connectivity index (χ0n) is 5.69. The second-order valence-electron chi connectivity index (χ2n) is 1.67. The summed E-state index contributed by atoms with van der Waals surface area (Å²) in [5.41, 5.74) is 12.2. The number of rotatable bonds is 0. The summed E-state index contributed by atoms with van der Waals surface area (Å²) in [5, 5.41) is 0. The SMILES string of the molecule is F.F.F.Nc1cccc(N)c1. The molecule has 0 saturated carbocycles. The minimum Gasteiger partial charge on any atom is -0.399 e. The summed E-state index contributed by atoms with van der Waals surface area (Å²) >= 11 is 0. The summed E-state index contributed by atoms with van der Waals surface area (Å²) < 4.78 is 0. The van der Waals surface area contributed by atoms with Crippen molar-refractivity contribution in [3.63, 3.8) is 0 Å². The number of hydrogen-bond donors (Lipinski definition) is 2. The number of nitrogen functional groups attached to an aromatic ring is 2. The van der Waals surface area contributed by atoms with Gasteiger partial charge in [-0.15, -0.1) is 0 Å². The van der Waals surface area contributed by atoms with Crippen molar-refractivity contribution in [2.75, 3.05) is 11.5 Å². The first kappa shape index (κ1) is 16.3. The van der Waals surface area contributed by atoms with Crippen LogP contribution in [0.3, 0.4) is 0 Å². The van der Waals surface area contributed by atoms with Crippen LogP contribution < -0.4 is 11.5 Å². The molecule has 0 aliphatic carbocycles. The predicted molar refractivity (Wildman–Crippen MR) is 42.8 cm³/mol. The van der Waals surface area contributed by atoms with Crippen molar-refractivity contribution < 1.29 is 14.1 Å². The maximum Gasteiger partial charge on any atom is 0.0334 e. The average molecular weight is 168 g/mol. The van der Waals surface area contributed by atoms with Crippen LogP contribution in [0.5, 0.6) is 0 Å². The largest absolute Gasteiger partial charge is 0.399 e. The molecule has 5 heteroatoms. The van der Waals surface area contributed by atoms with Gasteiger partial charge < -0.3 is 11.5 Å². The fourth-order valence-electron chi connectivity index (χ4n) is 0.559. The van der Waals surface area contributed by atoms with Crippen LogP contribution >= 0.6 is 0 Å². The summed E-state index contributed by atoms with van der Waals surface area (Å²) in [4.78, 5) is 0. The zero-order valence-corrected chi connectivity index (χ0v) is 5.69. The van der Waals surface area contributed by atoms with Gasteiger partial charge in [0.25, 0.3) is 0 Å². The van der Waals surface area contributed by atoms with Gasteiger partial charge in [0.15, 0.2) is 0 Å². The van der Waals surface area contributed by atoms with Crippen LogP contribution in [0.1, 0.15) is 0 Å². The highest BCUT2D eigenvalue weighted by Crippen LogP contribution is 2.06. The zero-order chi connectivity index (χ0) is 5.98. The maximum atomic E-state index is 5.38. The topological polar surface area (TPSA) is 52.0 Å². The van der Waals surface area contributed by atoms with Gasteiger partial charge in [0, 0.05) is 11.4 Å². The molecule has 0 spiro atoms. The first-order chi connectivity index (χ1) is 3.79. The van der Waals surface area contributed by atoms with E-state index in [2.05, 4.69) is 0 Å². The number of halogens is 3. The lowest BCUT2D eigenvalue weighted by Gasteiger charge is -1.91. The highest BCUT2D eigenvalue weighted by Gasteiger charge is 1.81. The van der Waals surface area contributed by atoms with Crippen LogP contribution in [0.25, 0.3) is 0 Å². The van der Waals surface area contributed by atoms with E-state index in [0.29, 0.717) is 11.4 Å². The first-order valence-corrected chi connectivity index (χ1v) is 2.40. The molecule has 0 saturated heterocycles. The van der Waals surface area contributed by atoms with Gasteiger partial charge in [-0.25, -0.2) is 0 Å². The van der Waals surface area contributed by atoms with Crippen LogP contribution in [-0.2, 0) is 0 Å². The fourth-order valence-corrected chi connectivity index (χ4v) is 0.559. The van der Waals surface area contributed by atoms with Gasteiger partial charge in [-0.05, 0) is 18.2 Å². The summed E-state index contributed by atoms with van der Waals surface area (Å²) in [6.45, 7) is 0. The highest BCUT2D eigenvalue weighted by molar-refractivity contribution is 5.50. The van der Waals surface area contributed by atoms with E-state index in [-0.39, 0.29) is 14.1 Å². The lowest BCUT2D eigenvalue weighted by molar-refractivity contribution is 1.11. The first-order valence-electron chi connectivity index (χ1n) is 2.40. The third-order valence-corrected chi connectivity index (χ3v) is 0.911. The molecule has 0 heterocycles. The Balaban J connectivity index is -0.000000213. The number of anilines is 2. The van der Waals surface area contributed by atoms with Gasteiger partial charge in [-0.3, -0.25) is 14.1 Å². The van der Waals surface area contributed by atoms with Crippen molar-refractivity contribution in [1.29, 1.82) is 0 Å². The van der Waals surface area contributed by atoms with Crippen molar-refractivity contribution in [3.8, 4) is 0 Å². The number of nitrogens with two attached hydrogens (primary N) is 2. The van der Waals surface area contributed by atoms with E-state index in [1.807, 2.05) is 6.07 Å². The molecule has 0 amide bonds. The quantitative estimate of drug-likeness (QED) is 0.574. The van der Waals surface area contributed by atoms with Crippen LogP contribution in [0.15, 0.2) is 24.3 Å².